The van der Waals surface area contributed by atoms with Gasteiger partial charge in [0.05, 0.1) is 24.2 Å². The van der Waals surface area contributed by atoms with Gasteiger partial charge in [-0.05, 0) is 48.7 Å². The van der Waals surface area contributed by atoms with Crippen molar-refractivity contribution in [3.8, 4) is 17.0 Å². The molecule has 5 rings (SSSR count). The smallest absolute Gasteiger partial charge is 0.322 e. The van der Waals surface area contributed by atoms with E-state index in [9.17, 15) is 9.59 Å². The Bertz CT molecular complexity index is 1220. The number of aromatic nitrogens is 2. The van der Waals surface area contributed by atoms with Gasteiger partial charge < -0.3 is 19.9 Å². The fourth-order valence-corrected chi connectivity index (χ4v) is 5.22. The number of rotatable bonds is 7. The molecule has 1 saturated heterocycles. The van der Waals surface area contributed by atoms with Gasteiger partial charge in [0.1, 0.15) is 5.75 Å². The lowest BCUT2D eigenvalue weighted by molar-refractivity contribution is 0.0671. The summed E-state index contributed by atoms with van der Waals surface area (Å²) >= 11 is 0. The first kappa shape index (κ1) is 25.7. The fraction of sp³-hybridized carbons (Fsp3) is 0.400. The van der Waals surface area contributed by atoms with Gasteiger partial charge >= 0.3 is 6.03 Å². The van der Waals surface area contributed by atoms with Crippen LogP contribution in [0.1, 0.15) is 48.9 Å². The topological polar surface area (TPSA) is 87.7 Å². The zero-order chi connectivity index (χ0) is 26.2. The Kier molecular flexibility index (Phi) is 8.48. The lowest BCUT2D eigenvalue weighted by Gasteiger charge is -2.34. The average Bonchev–Trinajstić information content (AvgIpc) is 2.98. The first-order chi connectivity index (χ1) is 18.7. The summed E-state index contributed by atoms with van der Waals surface area (Å²) in [6.07, 6.45) is 12.8. The standard InChI is InChI=1S/C30H35N5O3/c36-29(24-9-6-10-27(20-24)38-18-12-23-7-2-1-3-8-23)34-14-16-35(17-15-34)30(37)33-26-19-25(21-31-22-26)28-11-4-5-13-32-28/h4-6,9-11,13,19-23H,1-3,7-8,12,14-18H2,(H,33,37). The third kappa shape index (κ3) is 6.68. The molecule has 3 aromatic rings. The molecule has 38 heavy (non-hydrogen) atoms. The van der Waals surface area contributed by atoms with Crippen molar-refractivity contribution in [3.63, 3.8) is 0 Å². The van der Waals surface area contributed by atoms with Gasteiger partial charge in [-0.3, -0.25) is 14.8 Å². The lowest BCUT2D eigenvalue weighted by atomic mass is 9.87. The van der Waals surface area contributed by atoms with E-state index in [1.54, 1.807) is 28.4 Å². The van der Waals surface area contributed by atoms with Crippen LogP contribution in [0.2, 0.25) is 0 Å². The molecule has 2 fully saturated rings. The normalized spacial score (nSPS) is 16.2. The number of carbonyl (C=O) groups is 2. The first-order valence-electron chi connectivity index (χ1n) is 13.6. The summed E-state index contributed by atoms with van der Waals surface area (Å²) < 4.78 is 5.99. The number of piperazine rings is 1. The monoisotopic (exact) mass is 513 g/mol. The molecular formula is C30H35N5O3. The Morgan fingerprint density at radius 3 is 2.53 bits per heavy atom. The van der Waals surface area contributed by atoms with Crippen molar-refractivity contribution in [2.45, 2.75) is 38.5 Å². The molecule has 0 radical (unpaired) electrons. The lowest BCUT2D eigenvalue weighted by Crippen LogP contribution is -2.51. The van der Waals surface area contributed by atoms with Crippen molar-refractivity contribution >= 4 is 17.6 Å². The molecule has 1 aromatic carbocycles. The van der Waals surface area contributed by atoms with E-state index in [4.69, 9.17) is 4.74 Å². The van der Waals surface area contributed by atoms with E-state index in [2.05, 4.69) is 15.3 Å². The molecule has 2 aromatic heterocycles. The third-order valence-corrected chi connectivity index (χ3v) is 7.40. The second-order valence-corrected chi connectivity index (χ2v) is 10.1. The van der Waals surface area contributed by atoms with Crippen LogP contribution in [0.15, 0.2) is 67.1 Å². The zero-order valence-corrected chi connectivity index (χ0v) is 21.7. The summed E-state index contributed by atoms with van der Waals surface area (Å²) in [5.74, 6) is 1.48. The summed E-state index contributed by atoms with van der Waals surface area (Å²) in [6, 6.07) is 14.8. The minimum atomic E-state index is -0.203. The molecule has 3 heterocycles. The molecule has 8 heteroatoms. The minimum Gasteiger partial charge on any atom is -0.494 e. The first-order valence-corrected chi connectivity index (χ1v) is 13.6. The Morgan fingerprint density at radius 1 is 0.921 bits per heavy atom. The summed E-state index contributed by atoms with van der Waals surface area (Å²) in [5.41, 5.74) is 2.85. The number of hydrogen-bond donors (Lipinski definition) is 1. The number of amides is 3. The number of urea groups is 1. The maximum Gasteiger partial charge on any atom is 0.322 e. The van der Waals surface area contributed by atoms with Gasteiger partial charge in [-0.25, -0.2) is 4.79 Å². The Hall–Kier alpha value is -3.94. The molecule has 1 aliphatic heterocycles. The zero-order valence-electron chi connectivity index (χ0n) is 21.7. The Balaban J connectivity index is 1.10. The van der Waals surface area contributed by atoms with Crippen molar-refractivity contribution < 1.29 is 14.3 Å². The molecule has 3 amide bonds. The second-order valence-electron chi connectivity index (χ2n) is 10.1. The predicted molar refractivity (Wildman–Crippen MR) is 147 cm³/mol. The van der Waals surface area contributed by atoms with Crippen LogP contribution in [0.5, 0.6) is 5.75 Å². The average molecular weight is 514 g/mol. The van der Waals surface area contributed by atoms with Gasteiger partial charge in [0, 0.05) is 49.7 Å². The SMILES string of the molecule is O=C(Nc1cncc(-c2ccccn2)c1)N1CCN(C(=O)c2cccc(OCCC3CCCCC3)c2)CC1. The molecule has 0 atom stereocenters. The molecule has 8 nitrogen and oxygen atoms in total. The van der Waals surface area contributed by atoms with Crippen molar-refractivity contribution in [2.24, 2.45) is 5.92 Å². The number of nitrogens with one attached hydrogen (secondary N) is 1. The highest BCUT2D eigenvalue weighted by Crippen LogP contribution is 2.27. The van der Waals surface area contributed by atoms with E-state index in [0.717, 1.165) is 29.3 Å². The van der Waals surface area contributed by atoms with Crippen LogP contribution in [0.4, 0.5) is 10.5 Å². The van der Waals surface area contributed by atoms with E-state index >= 15 is 0 Å². The van der Waals surface area contributed by atoms with Gasteiger partial charge in [-0.1, -0.05) is 44.2 Å². The van der Waals surface area contributed by atoms with Gasteiger partial charge in [-0.15, -0.1) is 0 Å². The Morgan fingerprint density at radius 2 is 1.74 bits per heavy atom. The van der Waals surface area contributed by atoms with E-state index in [1.165, 1.54) is 32.1 Å². The fourth-order valence-electron chi connectivity index (χ4n) is 5.22. The van der Waals surface area contributed by atoms with Crippen molar-refractivity contribution in [2.75, 3.05) is 38.1 Å². The highest BCUT2D eigenvalue weighted by Gasteiger charge is 2.25. The third-order valence-electron chi connectivity index (χ3n) is 7.40. The van der Waals surface area contributed by atoms with Gasteiger partial charge in [0.15, 0.2) is 0 Å². The summed E-state index contributed by atoms with van der Waals surface area (Å²) in [4.78, 5) is 38.1. The van der Waals surface area contributed by atoms with E-state index in [1.807, 2.05) is 48.5 Å². The van der Waals surface area contributed by atoms with Crippen molar-refractivity contribution in [3.05, 3.63) is 72.7 Å². The number of nitrogens with zero attached hydrogens (tertiary/aromatic N) is 4. The molecule has 1 aliphatic carbocycles. The summed E-state index contributed by atoms with van der Waals surface area (Å²) in [5, 5.41) is 2.92. The number of carbonyl (C=O) groups excluding carboxylic acids is 2. The number of ether oxygens (including phenoxy) is 1. The molecule has 0 bridgehead atoms. The molecule has 0 spiro atoms. The molecule has 1 N–H and O–H groups in total. The van der Waals surface area contributed by atoms with E-state index in [0.29, 0.717) is 44.0 Å². The van der Waals surface area contributed by atoms with Crippen LogP contribution in [-0.4, -0.2) is 64.5 Å². The highest BCUT2D eigenvalue weighted by molar-refractivity contribution is 5.95. The largest absolute Gasteiger partial charge is 0.494 e. The highest BCUT2D eigenvalue weighted by atomic mass is 16.5. The number of anilines is 1. The summed E-state index contributed by atoms with van der Waals surface area (Å²) in [6.45, 7) is 2.57. The van der Waals surface area contributed by atoms with Crippen LogP contribution in [0.3, 0.4) is 0 Å². The van der Waals surface area contributed by atoms with Crippen molar-refractivity contribution in [1.82, 2.24) is 19.8 Å². The quantitative estimate of drug-likeness (QED) is 0.452. The van der Waals surface area contributed by atoms with E-state index < -0.39 is 0 Å². The van der Waals surface area contributed by atoms with Crippen LogP contribution in [0, 0.1) is 5.92 Å². The summed E-state index contributed by atoms with van der Waals surface area (Å²) in [7, 11) is 0. The molecule has 0 unspecified atom stereocenters. The number of benzene rings is 1. The van der Waals surface area contributed by atoms with Gasteiger partial charge in [0.25, 0.3) is 5.91 Å². The van der Waals surface area contributed by atoms with Gasteiger partial charge in [0.2, 0.25) is 0 Å². The maximum atomic E-state index is 13.1. The molecule has 1 saturated carbocycles. The molecule has 2 aliphatic rings. The van der Waals surface area contributed by atoms with Crippen LogP contribution < -0.4 is 10.1 Å². The number of pyridine rings is 2. The maximum absolute atomic E-state index is 13.1. The Labute approximate surface area is 224 Å². The van der Waals surface area contributed by atoms with Crippen LogP contribution >= 0.6 is 0 Å². The van der Waals surface area contributed by atoms with E-state index in [-0.39, 0.29) is 11.9 Å². The number of hydrogen-bond acceptors (Lipinski definition) is 5. The minimum absolute atomic E-state index is 0.0324. The second kappa shape index (κ2) is 12.5. The molecular weight excluding hydrogens is 478 g/mol. The van der Waals surface area contributed by atoms with Crippen LogP contribution in [-0.2, 0) is 0 Å². The molecule has 198 valence electrons. The predicted octanol–water partition coefficient (Wildman–Crippen LogP) is 5.48. The van der Waals surface area contributed by atoms with Crippen molar-refractivity contribution in [1.29, 1.82) is 0 Å². The van der Waals surface area contributed by atoms with Gasteiger partial charge in [-0.2, -0.15) is 0 Å². The van der Waals surface area contributed by atoms with Crippen LogP contribution in [0.25, 0.3) is 11.3 Å².